The lowest BCUT2D eigenvalue weighted by Crippen LogP contribution is -2.20. The van der Waals surface area contributed by atoms with Crippen molar-refractivity contribution in [3.63, 3.8) is 0 Å². The van der Waals surface area contributed by atoms with Crippen molar-refractivity contribution in [1.29, 1.82) is 0 Å². The molecule has 0 spiro atoms. The Morgan fingerprint density at radius 2 is 1.57 bits per heavy atom. The van der Waals surface area contributed by atoms with Crippen molar-refractivity contribution in [2.24, 2.45) is 0 Å². The number of nitrogens with one attached hydrogen (secondary N) is 1. The molecular weight excluding hydrogens is 577 g/mol. The lowest BCUT2D eigenvalue weighted by Gasteiger charge is -2.13. The number of nitrogens with zero attached hydrogens (tertiary/aromatic N) is 1. The van der Waals surface area contributed by atoms with Crippen molar-refractivity contribution in [3.8, 4) is 28.7 Å². The van der Waals surface area contributed by atoms with Gasteiger partial charge in [-0.25, -0.2) is 4.98 Å². The Bertz CT molecular complexity index is 1630. The second kappa shape index (κ2) is 12.8. The quantitative estimate of drug-likeness (QED) is 0.158. The van der Waals surface area contributed by atoms with Crippen molar-refractivity contribution in [2.75, 3.05) is 40.4 Å². The number of fused-ring (bicyclic) bond motifs is 1. The van der Waals surface area contributed by atoms with E-state index in [0.29, 0.717) is 38.8 Å². The van der Waals surface area contributed by atoms with Crippen LogP contribution in [0.5, 0.6) is 28.7 Å². The number of carbonyl (C=O) groups is 2. The molecule has 0 saturated carbocycles. The molecular formula is C29H25F3N2O7S. The summed E-state index contributed by atoms with van der Waals surface area (Å²) in [7, 11) is 5.80. The number of ketones is 1. The highest BCUT2D eigenvalue weighted by Crippen LogP contribution is 2.38. The first-order valence-electron chi connectivity index (χ1n) is 12.2. The van der Waals surface area contributed by atoms with Crippen LogP contribution in [-0.2, 0) is 11.0 Å². The van der Waals surface area contributed by atoms with Gasteiger partial charge in [0.25, 0.3) is 5.91 Å². The monoisotopic (exact) mass is 602 g/mol. The Labute approximate surface area is 242 Å². The first-order chi connectivity index (χ1) is 20.1. The fraction of sp³-hybridized carbons (Fsp3) is 0.207. The van der Waals surface area contributed by atoms with Gasteiger partial charge in [0.05, 0.1) is 44.2 Å². The third kappa shape index (κ3) is 6.92. The summed E-state index contributed by atoms with van der Waals surface area (Å²) < 4.78 is 66.3. The number of benzene rings is 3. The number of allylic oxidation sites excluding steroid dienone is 1. The SMILES string of the molecule is COc1ccc(/C=C/C(=O)c2cc(OC)c(OC)c(OC)c2)cc1OCC(=O)Nc1nc2cc(C(F)(F)F)ccc2s1. The van der Waals surface area contributed by atoms with E-state index in [1.165, 1.54) is 52.7 Å². The normalized spacial score (nSPS) is 11.4. The van der Waals surface area contributed by atoms with Gasteiger partial charge in [-0.3, -0.25) is 14.9 Å². The zero-order chi connectivity index (χ0) is 30.4. The molecule has 9 nitrogen and oxygen atoms in total. The van der Waals surface area contributed by atoms with E-state index in [2.05, 4.69) is 10.3 Å². The lowest BCUT2D eigenvalue weighted by molar-refractivity contribution is -0.137. The van der Waals surface area contributed by atoms with Gasteiger partial charge in [0.2, 0.25) is 5.75 Å². The van der Waals surface area contributed by atoms with E-state index in [4.69, 9.17) is 23.7 Å². The van der Waals surface area contributed by atoms with Crippen molar-refractivity contribution in [3.05, 3.63) is 71.3 Å². The molecule has 0 aliphatic carbocycles. The van der Waals surface area contributed by atoms with Gasteiger partial charge in [-0.05, 0) is 54.1 Å². The molecule has 4 aromatic rings. The predicted octanol–water partition coefficient (Wildman–Crippen LogP) is 6.26. The Balaban J connectivity index is 1.44. The molecule has 0 aliphatic heterocycles. The van der Waals surface area contributed by atoms with E-state index in [-0.39, 0.29) is 22.2 Å². The highest BCUT2D eigenvalue weighted by Gasteiger charge is 2.30. The van der Waals surface area contributed by atoms with Crippen LogP contribution >= 0.6 is 11.3 Å². The van der Waals surface area contributed by atoms with Crippen molar-refractivity contribution < 1.29 is 46.4 Å². The van der Waals surface area contributed by atoms with Gasteiger partial charge < -0.3 is 23.7 Å². The number of aromatic nitrogens is 1. The van der Waals surface area contributed by atoms with Crippen LogP contribution in [0.25, 0.3) is 16.3 Å². The van der Waals surface area contributed by atoms with Gasteiger partial charge in [-0.2, -0.15) is 13.2 Å². The average molecular weight is 603 g/mol. The van der Waals surface area contributed by atoms with Gasteiger partial charge >= 0.3 is 6.18 Å². The number of rotatable bonds is 11. The molecule has 1 heterocycles. The van der Waals surface area contributed by atoms with Crippen LogP contribution in [0.3, 0.4) is 0 Å². The molecule has 0 radical (unpaired) electrons. The molecule has 0 atom stereocenters. The minimum absolute atomic E-state index is 0.119. The number of carbonyl (C=O) groups excluding carboxylic acids is 2. The minimum atomic E-state index is -4.50. The van der Waals surface area contributed by atoms with Crippen LogP contribution in [0, 0.1) is 0 Å². The van der Waals surface area contributed by atoms with Crippen LogP contribution < -0.4 is 29.0 Å². The summed E-state index contributed by atoms with van der Waals surface area (Å²) >= 11 is 1.04. The van der Waals surface area contributed by atoms with Gasteiger partial charge in [-0.1, -0.05) is 23.5 Å². The van der Waals surface area contributed by atoms with E-state index < -0.39 is 24.3 Å². The van der Waals surface area contributed by atoms with E-state index in [1.54, 1.807) is 24.3 Å². The van der Waals surface area contributed by atoms with Crippen LogP contribution in [0.4, 0.5) is 18.3 Å². The molecule has 0 saturated heterocycles. The molecule has 0 bridgehead atoms. The van der Waals surface area contributed by atoms with Gasteiger partial charge in [0, 0.05) is 5.56 Å². The Morgan fingerprint density at radius 1 is 0.881 bits per heavy atom. The summed E-state index contributed by atoms with van der Waals surface area (Å²) in [4.78, 5) is 29.5. The summed E-state index contributed by atoms with van der Waals surface area (Å²) in [5.74, 6) is 0.702. The minimum Gasteiger partial charge on any atom is -0.493 e. The number of anilines is 1. The fourth-order valence-electron chi connectivity index (χ4n) is 3.86. The Hall–Kier alpha value is -4.78. The number of amides is 1. The third-order valence-electron chi connectivity index (χ3n) is 5.88. The zero-order valence-electron chi connectivity index (χ0n) is 22.8. The maximum absolute atomic E-state index is 13.0. The zero-order valence-corrected chi connectivity index (χ0v) is 23.6. The summed E-state index contributed by atoms with van der Waals surface area (Å²) in [5, 5.41) is 2.66. The maximum atomic E-state index is 13.0. The van der Waals surface area contributed by atoms with Crippen LogP contribution in [0.2, 0.25) is 0 Å². The predicted molar refractivity (Wildman–Crippen MR) is 151 cm³/mol. The van der Waals surface area contributed by atoms with Crippen molar-refractivity contribution in [1.82, 2.24) is 4.98 Å². The second-order valence-electron chi connectivity index (χ2n) is 8.56. The molecule has 4 rings (SSSR count). The van der Waals surface area contributed by atoms with Gasteiger partial charge in [0.15, 0.2) is 40.5 Å². The molecule has 0 fully saturated rings. The summed E-state index contributed by atoms with van der Waals surface area (Å²) in [6.07, 6.45) is -1.58. The maximum Gasteiger partial charge on any atom is 0.416 e. The standard InChI is InChI=1S/C29H25F3N2O7S/c1-37-21-9-6-16(5-8-20(35)17-12-23(38-2)27(40-4)24(13-17)39-3)11-22(21)41-15-26(36)34-28-33-19-14-18(29(30,31)32)7-10-25(19)42-28/h5-14H,15H2,1-4H3,(H,33,34,36)/b8-5+. The summed E-state index contributed by atoms with van der Waals surface area (Å²) in [6.45, 7) is -0.433. The summed E-state index contributed by atoms with van der Waals surface area (Å²) in [5.41, 5.74) is 0.187. The molecule has 1 N–H and O–H groups in total. The lowest BCUT2D eigenvalue weighted by atomic mass is 10.1. The van der Waals surface area contributed by atoms with Crippen molar-refractivity contribution >= 4 is 44.5 Å². The van der Waals surface area contributed by atoms with Crippen LogP contribution in [0.1, 0.15) is 21.5 Å². The number of alkyl halides is 3. The summed E-state index contributed by atoms with van der Waals surface area (Å²) in [6, 6.07) is 11.2. The highest BCUT2D eigenvalue weighted by atomic mass is 32.1. The first kappa shape index (κ1) is 30.2. The number of hydrogen-bond donors (Lipinski definition) is 1. The third-order valence-corrected chi connectivity index (χ3v) is 6.84. The Morgan fingerprint density at radius 3 is 2.19 bits per heavy atom. The van der Waals surface area contributed by atoms with Crippen LogP contribution in [-0.4, -0.2) is 51.7 Å². The molecule has 3 aromatic carbocycles. The number of methoxy groups -OCH3 is 4. The van der Waals surface area contributed by atoms with Crippen LogP contribution in [0.15, 0.2) is 54.6 Å². The van der Waals surface area contributed by atoms with E-state index in [1.807, 2.05) is 0 Å². The molecule has 42 heavy (non-hydrogen) atoms. The van der Waals surface area contributed by atoms with Gasteiger partial charge in [-0.15, -0.1) is 0 Å². The highest BCUT2D eigenvalue weighted by molar-refractivity contribution is 7.22. The second-order valence-corrected chi connectivity index (χ2v) is 9.59. The first-order valence-corrected chi connectivity index (χ1v) is 13.0. The largest absolute Gasteiger partial charge is 0.493 e. The molecule has 13 heteroatoms. The molecule has 220 valence electrons. The molecule has 0 aliphatic rings. The van der Waals surface area contributed by atoms with E-state index in [9.17, 15) is 22.8 Å². The average Bonchev–Trinajstić information content (AvgIpc) is 3.38. The van der Waals surface area contributed by atoms with Gasteiger partial charge in [0.1, 0.15) is 0 Å². The molecule has 0 unspecified atom stereocenters. The number of thiazole rings is 1. The van der Waals surface area contributed by atoms with Crippen molar-refractivity contribution in [2.45, 2.75) is 6.18 Å². The van der Waals surface area contributed by atoms with E-state index in [0.717, 1.165) is 23.5 Å². The molecule has 1 amide bonds. The van der Waals surface area contributed by atoms with E-state index >= 15 is 0 Å². The number of halogens is 3. The topological polar surface area (TPSA) is 105 Å². The fourth-order valence-corrected chi connectivity index (χ4v) is 4.72. The smallest absolute Gasteiger partial charge is 0.416 e. The number of hydrogen-bond acceptors (Lipinski definition) is 9. The Kier molecular flexibility index (Phi) is 9.21. The molecule has 1 aromatic heterocycles. The number of ether oxygens (including phenoxy) is 5.